The number of hydrazone groups is 1. The molecule has 0 bridgehead atoms. The second-order valence-corrected chi connectivity index (χ2v) is 8.33. The van der Waals surface area contributed by atoms with E-state index in [-0.39, 0.29) is 4.88 Å². The van der Waals surface area contributed by atoms with Gasteiger partial charge in [0.25, 0.3) is 5.91 Å². The van der Waals surface area contributed by atoms with Crippen molar-refractivity contribution in [2.45, 2.75) is 6.92 Å². The van der Waals surface area contributed by atoms with Gasteiger partial charge in [0, 0.05) is 17.0 Å². The van der Waals surface area contributed by atoms with Gasteiger partial charge in [-0.25, -0.2) is 15.2 Å². The Bertz CT molecular complexity index is 1430. The lowest BCUT2D eigenvalue weighted by atomic mass is 10.0. The molecule has 0 saturated carbocycles. The molecule has 2 aromatic heterocycles. The SMILES string of the molecule is COc1ccc(-c2cc(C(=O)NN=C(C)c3ccc(C(=O)O)s3)c3ccccc3n2)c(OC)c1. The molecule has 0 aliphatic heterocycles. The fraction of sp³-hybridized carbons (Fsp3) is 0.120. The molecule has 0 radical (unpaired) electrons. The number of hydrogen-bond donors (Lipinski definition) is 2. The molecule has 0 aliphatic rings. The van der Waals surface area contributed by atoms with E-state index in [1.165, 1.54) is 6.07 Å². The van der Waals surface area contributed by atoms with E-state index in [1.807, 2.05) is 30.3 Å². The summed E-state index contributed by atoms with van der Waals surface area (Å²) in [4.78, 5) is 29.9. The lowest BCUT2D eigenvalue weighted by Gasteiger charge is -2.13. The van der Waals surface area contributed by atoms with Crippen molar-refractivity contribution >= 4 is 39.8 Å². The summed E-state index contributed by atoms with van der Waals surface area (Å²) in [6.07, 6.45) is 0. The van der Waals surface area contributed by atoms with Crippen molar-refractivity contribution in [3.05, 3.63) is 76.0 Å². The number of carbonyl (C=O) groups excluding carboxylic acids is 1. The number of carboxylic acid groups (broad SMARTS) is 1. The van der Waals surface area contributed by atoms with Crippen LogP contribution < -0.4 is 14.9 Å². The fourth-order valence-corrected chi connectivity index (χ4v) is 4.20. The van der Waals surface area contributed by atoms with Crippen molar-refractivity contribution < 1.29 is 24.2 Å². The molecule has 34 heavy (non-hydrogen) atoms. The normalized spacial score (nSPS) is 11.3. The van der Waals surface area contributed by atoms with E-state index in [1.54, 1.807) is 45.4 Å². The maximum Gasteiger partial charge on any atom is 0.345 e. The maximum absolute atomic E-state index is 13.2. The van der Waals surface area contributed by atoms with Crippen LogP contribution in [-0.4, -0.2) is 41.9 Å². The summed E-state index contributed by atoms with van der Waals surface area (Å²) in [5.74, 6) is -0.211. The summed E-state index contributed by atoms with van der Waals surface area (Å²) in [7, 11) is 3.14. The predicted molar refractivity (Wildman–Crippen MR) is 131 cm³/mol. The summed E-state index contributed by atoms with van der Waals surface area (Å²) in [6.45, 7) is 1.70. The number of amides is 1. The molecule has 0 unspecified atom stereocenters. The van der Waals surface area contributed by atoms with E-state index in [4.69, 9.17) is 19.6 Å². The zero-order valence-corrected chi connectivity index (χ0v) is 19.5. The number of nitrogens with zero attached hydrogens (tertiary/aromatic N) is 2. The molecule has 0 spiro atoms. The summed E-state index contributed by atoms with van der Waals surface area (Å²) < 4.78 is 10.8. The van der Waals surface area contributed by atoms with Crippen LogP contribution in [0.25, 0.3) is 22.2 Å². The van der Waals surface area contributed by atoms with Crippen molar-refractivity contribution in [2.24, 2.45) is 5.10 Å². The lowest BCUT2D eigenvalue weighted by Crippen LogP contribution is -2.20. The molecule has 172 valence electrons. The van der Waals surface area contributed by atoms with Crippen LogP contribution in [-0.2, 0) is 0 Å². The first-order valence-corrected chi connectivity index (χ1v) is 11.0. The van der Waals surface area contributed by atoms with Crippen LogP contribution in [0.1, 0.15) is 31.8 Å². The summed E-state index contributed by atoms with van der Waals surface area (Å²) in [5, 5.41) is 14.0. The van der Waals surface area contributed by atoms with E-state index < -0.39 is 11.9 Å². The van der Waals surface area contributed by atoms with Gasteiger partial charge in [0.2, 0.25) is 0 Å². The third-order valence-electron chi connectivity index (χ3n) is 5.14. The van der Waals surface area contributed by atoms with Gasteiger partial charge in [-0.15, -0.1) is 11.3 Å². The van der Waals surface area contributed by atoms with Crippen LogP contribution >= 0.6 is 11.3 Å². The summed E-state index contributed by atoms with van der Waals surface area (Å²) in [6, 6.07) is 17.6. The first-order chi connectivity index (χ1) is 16.4. The van der Waals surface area contributed by atoms with Crippen molar-refractivity contribution in [3.63, 3.8) is 0 Å². The fourth-order valence-electron chi connectivity index (χ4n) is 3.41. The molecule has 0 fully saturated rings. The largest absolute Gasteiger partial charge is 0.497 e. The first-order valence-electron chi connectivity index (χ1n) is 10.2. The Morgan fingerprint density at radius 1 is 1.00 bits per heavy atom. The number of hydrogen-bond acceptors (Lipinski definition) is 7. The zero-order valence-electron chi connectivity index (χ0n) is 18.7. The zero-order chi connectivity index (χ0) is 24.2. The van der Waals surface area contributed by atoms with Crippen LogP contribution in [0.3, 0.4) is 0 Å². The second kappa shape index (κ2) is 9.72. The Kier molecular flexibility index (Phi) is 6.55. The molecular formula is C25H21N3O5S. The Morgan fingerprint density at radius 2 is 1.76 bits per heavy atom. The summed E-state index contributed by atoms with van der Waals surface area (Å²) in [5.41, 5.74) is 5.40. The number of carboxylic acids is 1. The average molecular weight is 476 g/mol. The van der Waals surface area contributed by atoms with Crippen LogP contribution in [0.2, 0.25) is 0 Å². The number of aromatic nitrogens is 1. The number of para-hydroxylation sites is 1. The Morgan fingerprint density at radius 3 is 2.47 bits per heavy atom. The number of thiophene rings is 1. The molecule has 0 saturated heterocycles. The Balaban J connectivity index is 1.72. The van der Waals surface area contributed by atoms with Gasteiger partial charge in [-0.3, -0.25) is 4.79 Å². The highest BCUT2D eigenvalue weighted by Crippen LogP contribution is 2.34. The number of aromatic carboxylic acids is 1. The minimum absolute atomic E-state index is 0.203. The highest BCUT2D eigenvalue weighted by molar-refractivity contribution is 7.15. The highest BCUT2D eigenvalue weighted by Gasteiger charge is 2.17. The van der Waals surface area contributed by atoms with Gasteiger partial charge in [-0.05, 0) is 43.3 Å². The number of nitrogens with one attached hydrogen (secondary N) is 1. The van der Waals surface area contributed by atoms with Crippen LogP contribution in [0.15, 0.2) is 65.8 Å². The van der Waals surface area contributed by atoms with E-state index in [2.05, 4.69) is 10.5 Å². The first kappa shape index (κ1) is 22.9. The molecule has 2 heterocycles. The minimum Gasteiger partial charge on any atom is -0.497 e. The van der Waals surface area contributed by atoms with Gasteiger partial charge in [-0.1, -0.05) is 18.2 Å². The average Bonchev–Trinajstić information content (AvgIpc) is 3.37. The molecule has 0 aliphatic carbocycles. The molecule has 9 heteroatoms. The molecule has 2 N–H and O–H groups in total. The standard InChI is InChI=1S/C25H21N3O5S/c1-14(22-10-11-23(34-22)25(30)31)27-28-24(29)18-13-20(26-19-7-5-4-6-16(18)19)17-9-8-15(32-2)12-21(17)33-3/h4-13H,1-3H3,(H,28,29)(H,30,31). The Labute approximate surface area is 199 Å². The molecule has 4 rings (SSSR count). The van der Waals surface area contributed by atoms with E-state index >= 15 is 0 Å². The topological polar surface area (TPSA) is 110 Å². The number of pyridine rings is 1. The van der Waals surface area contributed by atoms with Crippen molar-refractivity contribution in [2.75, 3.05) is 14.2 Å². The second-order valence-electron chi connectivity index (χ2n) is 7.25. The molecule has 4 aromatic rings. The van der Waals surface area contributed by atoms with Crippen LogP contribution in [0.5, 0.6) is 11.5 Å². The number of fused-ring (bicyclic) bond motifs is 1. The third kappa shape index (κ3) is 4.60. The maximum atomic E-state index is 13.2. The van der Waals surface area contributed by atoms with Crippen molar-refractivity contribution in [3.8, 4) is 22.8 Å². The third-order valence-corrected chi connectivity index (χ3v) is 6.33. The van der Waals surface area contributed by atoms with Gasteiger partial charge in [0.15, 0.2) is 0 Å². The van der Waals surface area contributed by atoms with Gasteiger partial charge in [0.05, 0.1) is 41.6 Å². The quantitative estimate of drug-likeness (QED) is 0.293. The van der Waals surface area contributed by atoms with Gasteiger partial charge < -0.3 is 14.6 Å². The molecule has 1 amide bonds. The number of ether oxygens (including phenoxy) is 2. The molecular weight excluding hydrogens is 454 g/mol. The van der Waals surface area contributed by atoms with Crippen LogP contribution in [0, 0.1) is 0 Å². The number of benzene rings is 2. The summed E-state index contributed by atoms with van der Waals surface area (Å²) >= 11 is 1.09. The highest BCUT2D eigenvalue weighted by atomic mass is 32.1. The van der Waals surface area contributed by atoms with Gasteiger partial charge in [0.1, 0.15) is 16.4 Å². The van der Waals surface area contributed by atoms with E-state index in [0.29, 0.717) is 49.8 Å². The number of carbonyl (C=O) groups is 2. The molecule has 2 aromatic carbocycles. The molecule has 0 atom stereocenters. The molecule has 8 nitrogen and oxygen atoms in total. The number of rotatable bonds is 7. The van der Waals surface area contributed by atoms with E-state index in [0.717, 1.165) is 11.3 Å². The van der Waals surface area contributed by atoms with Crippen molar-refractivity contribution in [1.82, 2.24) is 10.4 Å². The monoisotopic (exact) mass is 475 g/mol. The predicted octanol–water partition coefficient (Wildman–Crippen LogP) is 4.83. The van der Waals surface area contributed by atoms with Gasteiger partial charge in [-0.2, -0.15) is 5.10 Å². The minimum atomic E-state index is -1.00. The Hall–Kier alpha value is -4.24. The van der Waals surface area contributed by atoms with E-state index in [9.17, 15) is 9.59 Å². The van der Waals surface area contributed by atoms with Crippen molar-refractivity contribution in [1.29, 1.82) is 0 Å². The van der Waals surface area contributed by atoms with Crippen LogP contribution in [0.4, 0.5) is 0 Å². The van der Waals surface area contributed by atoms with Gasteiger partial charge >= 0.3 is 5.97 Å². The smallest absolute Gasteiger partial charge is 0.345 e. The number of methoxy groups -OCH3 is 2. The lowest BCUT2D eigenvalue weighted by molar-refractivity contribution is 0.0702.